The van der Waals surface area contributed by atoms with Crippen LogP contribution in [0.15, 0.2) is 42.5 Å². The van der Waals surface area contributed by atoms with Crippen LogP contribution in [0.3, 0.4) is 0 Å². The first-order valence-corrected chi connectivity index (χ1v) is 5.46. The lowest BCUT2D eigenvalue weighted by Crippen LogP contribution is -2.34. The van der Waals surface area contributed by atoms with Crippen LogP contribution in [0.4, 0.5) is 0 Å². The Hall–Kier alpha value is -0.470. The Morgan fingerprint density at radius 2 is 2.06 bits per heavy atom. The minimum atomic E-state index is -0.820. The third kappa shape index (κ3) is 2.80. The van der Waals surface area contributed by atoms with Gasteiger partial charge < -0.3 is 5.73 Å². The predicted octanol–water partition coefficient (Wildman–Crippen LogP) is 4.00. The van der Waals surface area contributed by atoms with Crippen molar-refractivity contribution in [3.05, 3.63) is 53.1 Å². The summed E-state index contributed by atoms with van der Waals surface area (Å²) < 4.78 is 0. The molecule has 1 atom stereocenters. The van der Waals surface area contributed by atoms with E-state index in [1.165, 1.54) is 0 Å². The van der Waals surface area contributed by atoms with Crippen LogP contribution in [-0.4, -0.2) is 5.00 Å². The Balaban J connectivity index is 0.00000128. The molecular weight excluding hydrogens is 264 g/mol. The number of benzene rings is 1. The normalized spacial score (nSPS) is 23.6. The van der Waals surface area contributed by atoms with Crippen molar-refractivity contribution in [2.75, 3.05) is 0 Å². The van der Waals surface area contributed by atoms with Gasteiger partial charge in [-0.15, -0.1) is 12.4 Å². The zero-order chi connectivity index (χ0) is 10.9. The average Bonchev–Trinajstić information content (AvgIpc) is 2.17. The molecule has 4 heteroatoms. The van der Waals surface area contributed by atoms with Gasteiger partial charge in [-0.3, -0.25) is 0 Å². The highest BCUT2D eigenvalue weighted by Gasteiger charge is 2.28. The largest absolute Gasteiger partial charge is 0.309 e. The number of alkyl halides is 1. The Labute approximate surface area is 111 Å². The molecule has 1 nitrogen and oxygen atoms in total. The molecule has 0 heterocycles. The molecule has 0 radical (unpaired) electrons. The van der Waals surface area contributed by atoms with E-state index in [0.29, 0.717) is 11.4 Å². The third-order valence-electron chi connectivity index (χ3n) is 2.40. The van der Waals surface area contributed by atoms with Gasteiger partial charge in [0.2, 0.25) is 0 Å². The predicted molar refractivity (Wildman–Crippen MR) is 73.2 cm³/mol. The van der Waals surface area contributed by atoms with Crippen LogP contribution in [0.5, 0.6) is 0 Å². The van der Waals surface area contributed by atoms with Crippen LogP contribution in [0.1, 0.15) is 12.0 Å². The summed E-state index contributed by atoms with van der Waals surface area (Å²) >= 11 is 12.2. The second-order valence-corrected chi connectivity index (χ2v) is 4.70. The molecule has 0 aromatic heterocycles. The van der Waals surface area contributed by atoms with Crippen molar-refractivity contribution in [1.82, 2.24) is 0 Å². The molecule has 0 fully saturated rings. The zero-order valence-corrected chi connectivity index (χ0v) is 10.8. The van der Waals surface area contributed by atoms with Crippen LogP contribution in [0.2, 0.25) is 5.02 Å². The van der Waals surface area contributed by atoms with Crippen molar-refractivity contribution in [2.45, 2.75) is 11.4 Å². The quantitative estimate of drug-likeness (QED) is 0.609. The molecule has 16 heavy (non-hydrogen) atoms. The lowest BCUT2D eigenvalue weighted by Gasteiger charge is -2.26. The summed E-state index contributed by atoms with van der Waals surface area (Å²) in [6, 6.07) is 7.55. The topological polar surface area (TPSA) is 26.0 Å². The molecule has 2 N–H and O–H groups in total. The second-order valence-electron chi connectivity index (χ2n) is 3.59. The SMILES string of the molecule is Cl.NC1(Cl)CC=CC=C1c1cccc(Cl)c1. The first-order chi connectivity index (χ1) is 7.09. The van der Waals surface area contributed by atoms with Crippen molar-refractivity contribution in [1.29, 1.82) is 0 Å². The van der Waals surface area contributed by atoms with Gasteiger partial charge in [-0.05, 0) is 23.3 Å². The van der Waals surface area contributed by atoms with Crippen molar-refractivity contribution >= 4 is 41.2 Å². The number of rotatable bonds is 1. The summed E-state index contributed by atoms with van der Waals surface area (Å²) in [7, 11) is 0. The van der Waals surface area contributed by atoms with E-state index in [9.17, 15) is 0 Å². The van der Waals surface area contributed by atoms with Gasteiger partial charge in [0, 0.05) is 11.4 Å². The van der Waals surface area contributed by atoms with Gasteiger partial charge in [-0.2, -0.15) is 0 Å². The fourth-order valence-electron chi connectivity index (χ4n) is 1.64. The van der Waals surface area contributed by atoms with Crippen molar-refractivity contribution < 1.29 is 0 Å². The highest BCUT2D eigenvalue weighted by molar-refractivity contribution is 6.32. The fourth-order valence-corrected chi connectivity index (χ4v) is 2.10. The van der Waals surface area contributed by atoms with Crippen LogP contribution < -0.4 is 5.73 Å². The molecule has 1 aromatic rings. The van der Waals surface area contributed by atoms with Crippen LogP contribution in [-0.2, 0) is 0 Å². The summed E-state index contributed by atoms with van der Waals surface area (Å²) in [6.45, 7) is 0. The van der Waals surface area contributed by atoms with Gasteiger partial charge in [0.05, 0.1) is 0 Å². The van der Waals surface area contributed by atoms with E-state index in [4.69, 9.17) is 28.9 Å². The molecule has 1 aromatic carbocycles. The van der Waals surface area contributed by atoms with Gasteiger partial charge in [0.25, 0.3) is 0 Å². The molecule has 0 bridgehead atoms. The molecule has 86 valence electrons. The Morgan fingerprint density at radius 1 is 1.31 bits per heavy atom. The first-order valence-electron chi connectivity index (χ1n) is 4.71. The summed E-state index contributed by atoms with van der Waals surface area (Å²) in [4.78, 5) is -0.820. The fraction of sp³-hybridized carbons (Fsp3) is 0.167. The number of hydrogen-bond acceptors (Lipinski definition) is 1. The molecule has 0 amide bonds. The lowest BCUT2D eigenvalue weighted by molar-refractivity contribution is 0.763. The minimum Gasteiger partial charge on any atom is -0.309 e. The highest BCUT2D eigenvalue weighted by Crippen LogP contribution is 2.35. The maximum Gasteiger partial charge on any atom is 0.121 e. The van der Waals surface area contributed by atoms with Gasteiger partial charge in [0.1, 0.15) is 5.00 Å². The molecule has 1 aliphatic carbocycles. The van der Waals surface area contributed by atoms with E-state index < -0.39 is 5.00 Å². The van der Waals surface area contributed by atoms with Gasteiger partial charge >= 0.3 is 0 Å². The van der Waals surface area contributed by atoms with E-state index in [1.807, 2.05) is 42.5 Å². The zero-order valence-electron chi connectivity index (χ0n) is 8.49. The Kier molecular flexibility index (Phi) is 4.45. The maximum atomic E-state index is 6.24. The van der Waals surface area contributed by atoms with E-state index in [0.717, 1.165) is 11.1 Å². The molecule has 1 unspecified atom stereocenters. The Bertz CT molecular complexity index is 436. The van der Waals surface area contributed by atoms with E-state index >= 15 is 0 Å². The number of nitrogens with two attached hydrogens (primary N) is 1. The van der Waals surface area contributed by atoms with Crippen LogP contribution in [0, 0.1) is 0 Å². The third-order valence-corrected chi connectivity index (χ3v) is 2.99. The second kappa shape index (κ2) is 5.24. The van der Waals surface area contributed by atoms with E-state index in [-0.39, 0.29) is 12.4 Å². The minimum absolute atomic E-state index is 0. The van der Waals surface area contributed by atoms with E-state index in [1.54, 1.807) is 0 Å². The molecule has 2 rings (SSSR count). The maximum absolute atomic E-state index is 6.24. The number of hydrogen-bond donors (Lipinski definition) is 1. The van der Waals surface area contributed by atoms with Gasteiger partial charge in [0.15, 0.2) is 0 Å². The highest BCUT2D eigenvalue weighted by atomic mass is 35.5. The average molecular weight is 277 g/mol. The smallest absolute Gasteiger partial charge is 0.121 e. The van der Waals surface area contributed by atoms with Gasteiger partial charge in [-0.1, -0.05) is 53.6 Å². The molecule has 0 spiro atoms. The standard InChI is InChI=1S/C12H11Cl2N.ClH/c13-10-5-3-4-9(8-10)11-6-1-2-7-12(11,14)15;/h1-6,8H,7,15H2;1H. The summed E-state index contributed by atoms with van der Waals surface area (Å²) in [5.41, 5.74) is 7.89. The van der Waals surface area contributed by atoms with Crippen molar-refractivity contribution in [3.63, 3.8) is 0 Å². The summed E-state index contributed by atoms with van der Waals surface area (Å²) in [6.07, 6.45) is 6.49. The summed E-state index contributed by atoms with van der Waals surface area (Å²) in [5.74, 6) is 0. The molecule has 0 saturated carbocycles. The number of halogens is 3. The first kappa shape index (κ1) is 13.6. The lowest BCUT2D eigenvalue weighted by atomic mass is 9.92. The molecule has 0 aliphatic heterocycles. The van der Waals surface area contributed by atoms with Gasteiger partial charge in [-0.25, -0.2) is 0 Å². The summed E-state index contributed by atoms with van der Waals surface area (Å²) in [5, 5.41) is 0.690. The Morgan fingerprint density at radius 3 is 2.69 bits per heavy atom. The van der Waals surface area contributed by atoms with Crippen molar-refractivity contribution in [2.24, 2.45) is 5.73 Å². The van der Waals surface area contributed by atoms with Crippen LogP contribution >= 0.6 is 35.6 Å². The monoisotopic (exact) mass is 275 g/mol. The molecular formula is C12H12Cl3N. The van der Waals surface area contributed by atoms with E-state index in [2.05, 4.69) is 0 Å². The van der Waals surface area contributed by atoms with Crippen LogP contribution in [0.25, 0.3) is 5.57 Å². The molecule has 0 saturated heterocycles. The van der Waals surface area contributed by atoms with Crippen molar-refractivity contribution in [3.8, 4) is 0 Å². The number of allylic oxidation sites excluding steroid dienone is 2. The molecule has 1 aliphatic rings.